The van der Waals surface area contributed by atoms with Gasteiger partial charge in [0.05, 0.1) is 12.0 Å². The molecule has 1 N–H and O–H groups in total. The number of nitrogens with one attached hydrogen (secondary N) is 1. The second kappa shape index (κ2) is 5.78. The fourth-order valence-corrected chi connectivity index (χ4v) is 1.75. The fraction of sp³-hybridized carbons (Fsp3) is 0.429. The number of hydrogen-bond acceptors (Lipinski definition) is 4. The monoisotopic (exact) mass is 245 g/mol. The van der Waals surface area contributed by atoms with Crippen molar-refractivity contribution in [1.82, 2.24) is 15.3 Å². The van der Waals surface area contributed by atoms with E-state index in [1.165, 1.54) is 0 Å². The molecule has 0 spiro atoms. The fourth-order valence-electron chi connectivity index (χ4n) is 1.75. The minimum atomic E-state index is 0.663. The predicted molar refractivity (Wildman–Crippen MR) is 71.2 cm³/mol. The molecular formula is C14H19N3O. The molecule has 4 nitrogen and oxygen atoms in total. The summed E-state index contributed by atoms with van der Waals surface area (Å²) in [7, 11) is 0. The van der Waals surface area contributed by atoms with Gasteiger partial charge in [0.25, 0.3) is 0 Å². The Bertz CT molecular complexity index is 520. The van der Waals surface area contributed by atoms with E-state index in [1.807, 2.05) is 26.1 Å². The summed E-state index contributed by atoms with van der Waals surface area (Å²) in [4.78, 5) is 8.92. The average Bonchev–Trinajstić information content (AvgIpc) is 2.78. The molecule has 2 rings (SSSR count). The van der Waals surface area contributed by atoms with Gasteiger partial charge in [0, 0.05) is 12.7 Å². The van der Waals surface area contributed by atoms with Crippen LogP contribution < -0.4 is 5.32 Å². The van der Waals surface area contributed by atoms with Crippen LogP contribution in [-0.4, -0.2) is 16.5 Å². The molecule has 0 atom stereocenters. The molecule has 0 aromatic carbocycles. The highest BCUT2D eigenvalue weighted by Gasteiger charge is 2.10. The zero-order valence-corrected chi connectivity index (χ0v) is 11.2. The molecule has 0 saturated carbocycles. The summed E-state index contributed by atoms with van der Waals surface area (Å²) in [6.07, 6.45) is 4.64. The minimum absolute atomic E-state index is 0.663. The third-order valence-electron chi connectivity index (χ3n) is 2.86. The zero-order valence-electron chi connectivity index (χ0n) is 11.2. The summed E-state index contributed by atoms with van der Waals surface area (Å²) >= 11 is 0. The Morgan fingerprint density at radius 1 is 1.28 bits per heavy atom. The van der Waals surface area contributed by atoms with Gasteiger partial charge in [-0.1, -0.05) is 6.92 Å². The lowest BCUT2D eigenvalue weighted by atomic mass is 10.2. The molecule has 0 aliphatic carbocycles. The summed E-state index contributed by atoms with van der Waals surface area (Å²) in [5, 5.41) is 3.36. The van der Waals surface area contributed by atoms with Crippen LogP contribution in [0.1, 0.15) is 30.2 Å². The van der Waals surface area contributed by atoms with E-state index in [0.717, 1.165) is 42.1 Å². The topological polar surface area (TPSA) is 51.0 Å². The van der Waals surface area contributed by atoms with Crippen molar-refractivity contribution >= 4 is 0 Å². The Balaban J connectivity index is 2.23. The van der Waals surface area contributed by atoms with Crippen LogP contribution >= 0.6 is 0 Å². The van der Waals surface area contributed by atoms with E-state index in [-0.39, 0.29) is 0 Å². The van der Waals surface area contributed by atoms with Crippen LogP contribution in [-0.2, 0) is 6.54 Å². The lowest BCUT2D eigenvalue weighted by molar-refractivity contribution is 0.574. The average molecular weight is 245 g/mol. The molecule has 0 fully saturated rings. The van der Waals surface area contributed by atoms with Crippen molar-refractivity contribution in [2.75, 3.05) is 6.54 Å². The van der Waals surface area contributed by atoms with Gasteiger partial charge in [0.2, 0.25) is 0 Å². The van der Waals surface area contributed by atoms with Gasteiger partial charge >= 0.3 is 0 Å². The predicted octanol–water partition coefficient (Wildman–Crippen LogP) is 2.85. The molecule has 4 heteroatoms. The van der Waals surface area contributed by atoms with Gasteiger partial charge in [-0.15, -0.1) is 0 Å². The third kappa shape index (κ3) is 2.76. The molecule has 2 heterocycles. The summed E-state index contributed by atoms with van der Waals surface area (Å²) in [5.41, 5.74) is 3.20. The lowest BCUT2D eigenvalue weighted by Gasteiger charge is -2.07. The number of hydrogen-bond donors (Lipinski definition) is 1. The number of rotatable bonds is 5. The highest BCUT2D eigenvalue weighted by molar-refractivity contribution is 5.52. The molecule has 2 aromatic rings. The van der Waals surface area contributed by atoms with Crippen LogP contribution in [0.15, 0.2) is 22.9 Å². The second-order valence-corrected chi connectivity index (χ2v) is 4.43. The number of nitrogens with zero attached hydrogens (tertiary/aromatic N) is 2. The highest BCUT2D eigenvalue weighted by Crippen LogP contribution is 2.21. The molecule has 0 aliphatic heterocycles. The first-order valence-electron chi connectivity index (χ1n) is 6.30. The Hall–Kier alpha value is -1.68. The summed E-state index contributed by atoms with van der Waals surface area (Å²) < 4.78 is 5.43. The first-order valence-corrected chi connectivity index (χ1v) is 6.30. The third-order valence-corrected chi connectivity index (χ3v) is 2.86. The van der Waals surface area contributed by atoms with Gasteiger partial charge in [-0.25, -0.2) is 9.97 Å². The van der Waals surface area contributed by atoms with Crippen LogP contribution in [0.2, 0.25) is 0 Å². The van der Waals surface area contributed by atoms with E-state index in [0.29, 0.717) is 5.82 Å². The normalized spacial score (nSPS) is 10.8. The van der Waals surface area contributed by atoms with E-state index in [4.69, 9.17) is 4.42 Å². The Morgan fingerprint density at radius 3 is 2.78 bits per heavy atom. The largest absolute Gasteiger partial charge is 0.461 e. The number of aromatic nitrogens is 2. The number of furan rings is 1. The van der Waals surface area contributed by atoms with Crippen molar-refractivity contribution < 1.29 is 4.42 Å². The summed E-state index contributed by atoms with van der Waals surface area (Å²) in [6.45, 7) is 7.95. The molecule has 0 unspecified atom stereocenters. The van der Waals surface area contributed by atoms with E-state index >= 15 is 0 Å². The van der Waals surface area contributed by atoms with Crippen molar-refractivity contribution in [3.63, 3.8) is 0 Å². The van der Waals surface area contributed by atoms with Crippen molar-refractivity contribution in [3.05, 3.63) is 35.3 Å². The van der Waals surface area contributed by atoms with Crippen LogP contribution in [0.4, 0.5) is 0 Å². The van der Waals surface area contributed by atoms with E-state index in [9.17, 15) is 0 Å². The molecule has 0 aliphatic rings. The second-order valence-electron chi connectivity index (χ2n) is 4.43. The van der Waals surface area contributed by atoms with Gasteiger partial charge in [-0.2, -0.15) is 0 Å². The maximum atomic E-state index is 5.43. The van der Waals surface area contributed by atoms with E-state index < -0.39 is 0 Å². The Morgan fingerprint density at radius 2 is 2.11 bits per heavy atom. The van der Waals surface area contributed by atoms with Gasteiger partial charge in [-0.05, 0) is 44.0 Å². The maximum absolute atomic E-state index is 5.43. The molecule has 18 heavy (non-hydrogen) atoms. The van der Waals surface area contributed by atoms with E-state index in [1.54, 1.807) is 6.26 Å². The van der Waals surface area contributed by atoms with Gasteiger partial charge in [0.15, 0.2) is 11.6 Å². The van der Waals surface area contributed by atoms with Crippen LogP contribution in [0.25, 0.3) is 11.6 Å². The van der Waals surface area contributed by atoms with E-state index in [2.05, 4.69) is 22.2 Å². The van der Waals surface area contributed by atoms with Gasteiger partial charge < -0.3 is 9.73 Å². The van der Waals surface area contributed by atoms with Gasteiger partial charge in [-0.3, -0.25) is 0 Å². The van der Waals surface area contributed by atoms with Crippen molar-refractivity contribution in [3.8, 4) is 11.6 Å². The van der Waals surface area contributed by atoms with Crippen LogP contribution in [0.3, 0.4) is 0 Å². The maximum Gasteiger partial charge on any atom is 0.196 e. The Labute approximate surface area is 107 Å². The SMILES string of the molecule is CCCNCc1nc(-c2occc2C)ncc1C. The molecule has 0 amide bonds. The van der Waals surface area contributed by atoms with Crippen molar-refractivity contribution in [2.24, 2.45) is 0 Å². The van der Waals surface area contributed by atoms with Crippen molar-refractivity contribution in [2.45, 2.75) is 33.7 Å². The smallest absolute Gasteiger partial charge is 0.196 e. The summed E-state index contributed by atoms with van der Waals surface area (Å²) in [6, 6.07) is 1.92. The molecule has 96 valence electrons. The molecule has 0 saturated heterocycles. The Kier molecular flexibility index (Phi) is 4.10. The molecule has 2 aromatic heterocycles. The summed E-state index contributed by atoms with van der Waals surface area (Å²) in [5.74, 6) is 1.42. The molecule has 0 radical (unpaired) electrons. The highest BCUT2D eigenvalue weighted by atomic mass is 16.3. The van der Waals surface area contributed by atoms with Crippen LogP contribution in [0.5, 0.6) is 0 Å². The standard InChI is InChI=1S/C14H19N3O/c1-4-6-15-9-12-11(3)8-16-14(17-12)13-10(2)5-7-18-13/h5,7-8,15H,4,6,9H2,1-3H3. The zero-order chi connectivity index (χ0) is 13.0. The lowest BCUT2D eigenvalue weighted by Crippen LogP contribution is -2.16. The molecular weight excluding hydrogens is 226 g/mol. The first kappa shape index (κ1) is 12.8. The quantitative estimate of drug-likeness (QED) is 0.823. The van der Waals surface area contributed by atoms with Crippen molar-refractivity contribution in [1.29, 1.82) is 0 Å². The van der Waals surface area contributed by atoms with Crippen LogP contribution in [0, 0.1) is 13.8 Å². The first-order chi connectivity index (χ1) is 8.72. The van der Waals surface area contributed by atoms with Gasteiger partial charge in [0.1, 0.15) is 0 Å². The molecule has 0 bridgehead atoms. The number of aryl methyl sites for hydroxylation is 2. The minimum Gasteiger partial charge on any atom is -0.461 e.